The molecule has 4 rings (SSSR count). The molecule has 0 aliphatic carbocycles. The van der Waals surface area contributed by atoms with Crippen molar-refractivity contribution in [3.05, 3.63) is 16.6 Å². The summed E-state index contributed by atoms with van der Waals surface area (Å²) in [5.74, 6) is -0.170. The monoisotopic (exact) mass is 358 g/mol. The summed E-state index contributed by atoms with van der Waals surface area (Å²) in [6, 6.07) is 1.74. The molecule has 2 saturated heterocycles. The van der Waals surface area contributed by atoms with E-state index >= 15 is 0 Å². The molecule has 4 heterocycles. The average Bonchev–Trinajstić information content (AvgIpc) is 3.21. The first kappa shape index (κ1) is 15.9. The second kappa shape index (κ2) is 5.45. The van der Waals surface area contributed by atoms with E-state index in [4.69, 9.17) is 0 Å². The summed E-state index contributed by atoms with van der Waals surface area (Å²) in [4.78, 5) is 17.6. The van der Waals surface area contributed by atoms with Crippen LogP contribution in [0.15, 0.2) is 6.07 Å². The minimum atomic E-state index is -4.52. The van der Waals surface area contributed by atoms with E-state index in [0.29, 0.717) is 28.8 Å². The predicted octanol–water partition coefficient (Wildman–Crippen LogP) is 2.57. The number of piperazine rings is 1. The number of carbonyl (C=O) groups excluding carboxylic acids is 1. The van der Waals surface area contributed by atoms with Gasteiger partial charge in [0.25, 0.3) is 5.91 Å². The molecule has 0 aromatic carbocycles. The third-order valence-electron chi connectivity index (χ3n) is 4.87. The van der Waals surface area contributed by atoms with Gasteiger partial charge in [0.15, 0.2) is 5.69 Å². The second-order valence-electron chi connectivity index (χ2n) is 6.38. The van der Waals surface area contributed by atoms with Gasteiger partial charge in [-0.1, -0.05) is 0 Å². The van der Waals surface area contributed by atoms with Gasteiger partial charge in [0.2, 0.25) is 0 Å². The van der Waals surface area contributed by atoms with E-state index in [1.807, 2.05) is 0 Å². The van der Waals surface area contributed by atoms with Crippen LogP contribution >= 0.6 is 11.3 Å². The van der Waals surface area contributed by atoms with Crippen molar-refractivity contribution in [2.75, 3.05) is 26.2 Å². The molecule has 1 amide bonds. The number of nitrogens with zero attached hydrogens (tertiary/aromatic N) is 4. The van der Waals surface area contributed by atoms with Gasteiger partial charge in [0.1, 0.15) is 4.83 Å². The van der Waals surface area contributed by atoms with Gasteiger partial charge in [-0.25, -0.2) is 0 Å². The Labute approximate surface area is 140 Å². The Morgan fingerprint density at radius 1 is 1.33 bits per heavy atom. The minimum absolute atomic E-state index is 0.0119. The number of fused-ring (bicyclic) bond motifs is 2. The lowest BCUT2D eigenvalue weighted by molar-refractivity contribution is -0.140. The molecule has 5 nitrogen and oxygen atoms in total. The van der Waals surface area contributed by atoms with E-state index in [9.17, 15) is 18.0 Å². The summed E-state index contributed by atoms with van der Waals surface area (Å²) in [6.07, 6.45) is -2.29. The van der Waals surface area contributed by atoms with E-state index in [1.54, 1.807) is 4.90 Å². The number of aryl methyl sites for hydroxylation is 1. The van der Waals surface area contributed by atoms with Crippen LogP contribution in [0.4, 0.5) is 13.2 Å². The number of aromatic nitrogens is 2. The molecular weight excluding hydrogens is 341 g/mol. The quantitative estimate of drug-likeness (QED) is 0.787. The summed E-state index contributed by atoms with van der Waals surface area (Å²) in [5.41, 5.74) is -0.920. The molecule has 0 unspecified atom stereocenters. The molecule has 2 aliphatic heterocycles. The van der Waals surface area contributed by atoms with Gasteiger partial charge in [0.05, 0.1) is 4.88 Å². The van der Waals surface area contributed by atoms with Gasteiger partial charge >= 0.3 is 6.18 Å². The average molecular weight is 358 g/mol. The van der Waals surface area contributed by atoms with Crippen LogP contribution in [-0.2, 0) is 13.2 Å². The van der Waals surface area contributed by atoms with Crippen LogP contribution in [-0.4, -0.2) is 57.7 Å². The Morgan fingerprint density at radius 3 is 2.88 bits per heavy atom. The molecule has 0 radical (unpaired) electrons. The van der Waals surface area contributed by atoms with Crippen LogP contribution < -0.4 is 0 Å². The fraction of sp³-hybridized carbons (Fsp3) is 0.600. The van der Waals surface area contributed by atoms with Crippen molar-refractivity contribution in [3.63, 3.8) is 0 Å². The van der Waals surface area contributed by atoms with E-state index in [0.717, 1.165) is 37.3 Å². The highest BCUT2D eigenvalue weighted by Crippen LogP contribution is 2.37. The maximum Gasteiger partial charge on any atom is 0.435 e. The Morgan fingerprint density at radius 2 is 2.12 bits per heavy atom. The van der Waals surface area contributed by atoms with Crippen molar-refractivity contribution in [3.8, 4) is 0 Å². The van der Waals surface area contributed by atoms with Crippen LogP contribution in [0.2, 0.25) is 0 Å². The number of hydrogen-bond donors (Lipinski definition) is 0. The lowest BCUT2D eigenvalue weighted by Gasteiger charge is -2.37. The first-order chi connectivity index (χ1) is 11.3. The Bertz CT molecular complexity index is 797. The zero-order valence-corrected chi connectivity index (χ0v) is 14.0. The molecule has 2 aromatic heterocycles. The SMILES string of the molecule is Cn1nc(C(F)(F)F)c2cc(C(=O)N3CCN4CCC[C@H]4C3)sc21. The summed E-state index contributed by atoms with van der Waals surface area (Å²) < 4.78 is 40.4. The van der Waals surface area contributed by atoms with Gasteiger partial charge in [-0.2, -0.15) is 18.3 Å². The molecular formula is C15H17F3N4OS. The minimum Gasteiger partial charge on any atom is -0.335 e. The van der Waals surface area contributed by atoms with Gasteiger partial charge in [-0.05, 0) is 25.5 Å². The molecule has 0 spiro atoms. The number of rotatable bonds is 1. The number of amides is 1. The lowest BCUT2D eigenvalue weighted by atomic mass is 10.1. The normalized spacial score (nSPS) is 22.3. The fourth-order valence-electron chi connectivity index (χ4n) is 3.69. The summed E-state index contributed by atoms with van der Waals surface area (Å²) in [6.45, 7) is 3.22. The van der Waals surface area contributed by atoms with Gasteiger partial charge in [0, 0.05) is 38.1 Å². The number of carbonyl (C=O) groups is 1. The maximum absolute atomic E-state index is 13.1. The van der Waals surface area contributed by atoms with Crippen molar-refractivity contribution in [1.82, 2.24) is 19.6 Å². The van der Waals surface area contributed by atoms with Crippen molar-refractivity contribution < 1.29 is 18.0 Å². The van der Waals surface area contributed by atoms with Crippen LogP contribution in [0, 0.1) is 0 Å². The van der Waals surface area contributed by atoms with Gasteiger partial charge in [-0.15, -0.1) is 11.3 Å². The smallest absolute Gasteiger partial charge is 0.335 e. The molecule has 9 heteroatoms. The molecule has 1 atom stereocenters. The maximum atomic E-state index is 13.1. The standard InChI is InChI=1S/C15H17F3N4OS/c1-20-14-10(12(19-20)15(16,17)18)7-11(24-14)13(23)22-6-5-21-4-2-3-9(21)8-22/h7,9H,2-6,8H2,1H3/t9-/m0/s1. The number of thiophene rings is 1. The van der Waals surface area contributed by atoms with E-state index in [-0.39, 0.29) is 11.3 Å². The molecule has 24 heavy (non-hydrogen) atoms. The summed E-state index contributed by atoms with van der Waals surface area (Å²) in [7, 11) is 1.47. The van der Waals surface area contributed by atoms with Gasteiger partial charge < -0.3 is 4.90 Å². The van der Waals surface area contributed by atoms with Crippen LogP contribution in [0.5, 0.6) is 0 Å². The molecule has 130 valence electrons. The second-order valence-corrected chi connectivity index (χ2v) is 7.41. The summed E-state index contributed by atoms with van der Waals surface area (Å²) >= 11 is 1.08. The molecule has 0 bridgehead atoms. The Hall–Kier alpha value is -1.61. The Kier molecular flexibility index (Phi) is 3.61. The predicted molar refractivity (Wildman–Crippen MR) is 84.1 cm³/mol. The first-order valence-corrected chi connectivity index (χ1v) is 8.73. The van der Waals surface area contributed by atoms with E-state index in [2.05, 4.69) is 10.00 Å². The third-order valence-corrected chi connectivity index (χ3v) is 6.06. The molecule has 2 aliphatic rings. The highest BCUT2D eigenvalue weighted by Gasteiger charge is 2.38. The lowest BCUT2D eigenvalue weighted by Crippen LogP contribution is -2.51. The topological polar surface area (TPSA) is 41.4 Å². The molecule has 0 saturated carbocycles. The number of hydrogen-bond acceptors (Lipinski definition) is 4. The fourth-order valence-corrected chi connectivity index (χ4v) is 4.73. The van der Waals surface area contributed by atoms with E-state index in [1.165, 1.54) is 17.8 Å². The molecule has 0 N–H and O–H groups in total. The highest BCUT2D eigenvalue weighted by molar-refractivity contribution is 7.20. The first-order valence-electron chi connectivity index (χ1n) is 7.91. The van der Waals surface area contributed by atoms with Gasteiger partial charge in [-0.3, -0.25) is 14.4 Å². The molecule has 2 fully saturated rings. The molecule has 2 aromatic rings. The zero-order chi connectivity index (χ0) is 17.1. The largest absolute Gasteiger partial charge is 0.435 e. The summed E-state index contributed by atoms with van der Waals surface area (Å²) in [5, 5.41) is 3.56. The number of halogens is 3. The number of alkyl halides is 3. The zero-order valence-electron chi connectivity index (χ0n) is 13.1. The van der Waals surface area contributed by atoms with Crippen molar-refractivity contribution in [2.24, 2.45) is 7.05 Å². The van der Waals surface area contributed by atoms with Crippen molar-refractivity contribution in [2.45, 2.75) is 25.1 Å². The van der Waals surface area contributed by atoms with E-state index < -0.39 is 11.9 Å². The van der Waals surface area contributed by atoms with Crippen LogP contribution in [0.25, 0.3) is 10.2 Å². The van der Waals surface area contributed by atoms with Crippen molar-refractivity contribution >= 4 is 27.5 Å². The van der Waals surface area contributed by atoms with Crippen molar-refractivity contribution in [1.29, 1.82) is 0 Å². The van der Waals surface area contributed by atoms with Crippen LogP contribution in [0.1, 0.15) is 28.2 Å². The highest BCUT2D eigenvalue weighted by atomic mass is 32.1. The Balaban J connectivity index is 1.63. The van der Waals surface area contributed by atoms with Crippen LogP contribution in [0.3, 0.4) is 0 Å². The third kappa shape index (κ3) is 2.50.